The summed E-state index contributed by atoms with van der Waals surface area (Å²) < 4.78 is 17.9. The van der Waals surface area contributed by atoms with Gasteiger partial charge >= 0.3 is 5.97 Å². The largest absolute Gasteiger partial charge is 0.489 e. The number of carbonyl (C=O) groups is 1. The number of aromatic nitrogens is 3. The molecular weight excluding hydrogens is 521 g/mol. The molecule has 0 radical (unpaired) electrons. The van der Waals surface area contributed by atoms with Gasteiger partial charge in [0.15, 0.2) is 0 Å². The van der Waals surface area contributed by atoms with Gasteiger partial charge < -0.3 is 13.9 Å². The Morgan fingerprint density at radius 3 is 2.53 bits per heavy atom. The predicted molar refractivity (Wildman–Crippen MR) is 140 cm³/mol. The van der Waals surface area contributed by atoms with E-state index in [-0.39, 0.29) is 13.2 Å². The molecule has 0 fully saturated rings. The number of thiophene rings is 1. The summed E-state index contributed by atoms with van der Waals surface area (Å²) in [4.78, 5) is 16.5. The number of ether oxygens (including phenoxy) is 2. The number of esters is 1. The number of fused-ring (bicyclic) bond motifs is 1. The van der Waals surface area contributed by atoms with Crippen LogP contribution >= 0.6 is 34.5 Å². The monoisotopic (exact) mass is 539 g/mol. The van der Waals surface area contributed by atoms with Crippen LogP contribution in [-0.4, -0.2) is 27.8 Å². The van der Waals surface area contributed by atoms with E-state index in [2.05, 4.69) is 15.2 Å². The normalized spacial score (nSPS) is 11.1. The molecule has 3 aromatic heterocycles. The van der Waals surface area contributed by atoms with Crippen molar-refractivity contribution in [1.82, 2.24) is 15.2 Å². The van der Waals surface area contributed by atoms with Crippen molar-refractivity contribution in [3.8, 4) is 28.7 Å². The number of pyridine rings is 1. The second kappa shape index (κ2) is 10.3. The van der Waals surface area contributed by atoms with Crippen LogP contribution in [0.1, 0.15) is 28.4 Å². The van der Waals surface area contributed by atoms with Crippen LogP contribution in [0.3, 0.4) is 0 Å². The van der Waals surface area contributed by atoms with Crippen LogP contribution in [0.25, 0.3) is 33.0 Å². The Kier molecular flexibility index (Phi) is 6.91. The number of hydrogen-bond acceptors (Lipinski definition) is 8. The fraction of sp³-hybridized carbons (Fsp3) is 0.154. The van der Waals surface area contributed by atoms with Crippen molar-refractivity contribution in [3.05, 3.63) is 80.9 Å². The molecule has 0 atom stereocenters. The molecule has 182 valence electrons. The molecule has 0 N–H and O–H groups in total. The topological polar surface area (TPSA) is 87.3 Å². The molecule has 2 aromatic carbocycles. The highest BCUT2D eigenvalue weighted by Gasteiger charge is 2.19. The van der Waals surface area contributed by atoms with Crippen LogP contribution < -0.4 is 4.74 Å². The highest BCUT2D eigenvalue weighted by Crippen LogP contribution is 2.35. The van der Waals surface area contributed by atoms with Crippen molar-refractivity contribution in [2.45, 2.75) is 20.5 Å². The molecule has 7 nitrogen and oxygen atoms in total. The smallest absolute Gasteiger partial charge is 0.341 e. The summed E-state index contributed by atoms with van der Waals surface area (Å²) in [6.07, 6.45) is 1.44. The molecule has 36 heavy (non-hydrogen) atoms. The molecule has 3 heterocycles. The Balaban J connectivity index is 1.39. The van der Waals surface area contributed by atoms with Crippen molar-refractivity contribution in [2.24, 2.45) is 0 Å². The molecule has 5 aromatic rings. The van der Waals surface area contributed by atoms with Crippen LogP contribution in [0.4, 0.5) is 0 Å². The number of halogens is 2. The highest BCUT2D eigenvalue weighted by molar-refractivity contribution is 7.17. The third-order valence-corrected chi connectivity index (χ3v) is 7.06. The van der Waals surface area contributed by atoms with Gasteiger partial charge in [0.2, 0.25) is 11.8 Å². The van der Waals surface area contributed by atoms with Crippen LogP contribution in [0.2, 0.25) is 10.2 Å². The fourth-order valence-electron chi connectivity index (χ4n) is 3.62. The summed E-state index contributed by atoms with van der Waals surface area (Å²) in [6, 6.07) is 12.9. The number of aryl methyl sites for hydroxylation is 1. The van der Waals surface area contributed by atoms with Crippen LogP contribution in [0.15, 0.2) is 58.5 Å². The third kappa shape index (κ3) is 4.80. The van der Waals surface area contributed by atoms with E-state index >= 15 is 0 Å². The summed E-state index contributed by atoms with van der Waals surface area (Å²) in [5, 5.41) is 11.9. The lowest BCUT2D eigenvalue weighted by Gasteiger charge is -2.10. The summed E-state index contributed by atoms with van der Waals surface area (Å²) in [5.74, 6) is 0.997. The van der Waals surface area contributed by atoms with E-state index in [1.54, 1.807) is 19.1 Å². The van der Waals surface area contributed by atoms with Gasteiger partial charge in [-0.15, -0.1) is 21.5 Å². The Hall–Kier alpha value is -3.46. The molecule has 0 aliphatic carbocycles. The minimum absolute atomic E-state index is 0.234. The zero-order valence-corrected chi connectivity index (χ0v) is 21.6. The van der Waals surface area contributed by atoms with E-state index < -0.39 is 5.97 Å². The maximum atomic E-state index is 12.3. The quantitative estimate of drug-likeness (QED) is 0.157. The van der Waals surface area contributed by atoms with E-state index in [1.807, 2.05) is 42.6 Å². The van der Waals surface area contributed by atoms with Gasteiger partial charge in [-0.1, -0.05) is 29.3 Å². The standard InChI is InChI=1S/C26H19Cl2N3O4S/c1-3-33-26(32)19-11-29-23(28)21-17(13-36-22(19)21)12-34-20-10-16(5-4-14(20)2)25-31-30-24(35-25)15-6-8-18(27)9-7-15/h4-11,13H,3,12H2,1-2H3. The molecular formula is C26H19Cl2N3O4S. The number of rotatable bonds is 7. The molecule has 0 saturated heterocycles. The maximum Gasteiger partial charge on any atom is 0.341 e. The minimum Gasteiger partial charge on any atom is -0.489 e. The zero-order chi connectivity index (χ0) is 25.2. The van der Waals surface area contributed by atoms with Crippen LogP contribution in [0, 0.1) is 6.92 Å². The van der Waals surface area contributed by atoms with Crippen molar-refractivity contribution in [2.75, 3.05) is 6.61 Å². The molecule has 0 bridgehead atoms. The van der Waals surface area contributed by atoms with Gasteiger partial charge in [0.05, 0.1) is 16.9 Å². The molecule has 0 unspecified atom stereocenters. The molecule has 0 aliphatic heterocycles. The number of benzene rings is 2. The lowest BCUT2D eigenvalue weighted by Crippen LogP contribution is -2.05. The number of nitrogens with zero attached hydrogens (tertiary/aromatic N) is 3. The van der Waals surface area contributed by atoms with Crippen molar-refractivity contribution in [1.29, 1.82) is 0 Å². The second-order valence-electron chi connectivity index (χ2n) is 7.84. The average molecular weight is 540 g/mol. The lowest BCUT2D eigenvalue weighted by atomic mass is 10.1. The SMILES string of the molecule is CCOC(=O)c1cnc(Cl)c2c(COc3cc(-c4nnc(-c5ccc(Cl)cc5)o4)ccc3C)csc12. The minimum atomic E-state index is -0.429. The van der Waals surface area contributed by atoms with Gasteiger partial charge in [-0.2, -0.15) is 0 Å². The first-order chi connectivity index (χ1) is 17.4. The first-order valence-corrected chi connectivity index (χ1v) is 12.6. The Morgan fingerprint density at radius 2 is 1.78 bits per heavy atom. The Morgan fingerprint density at radius 1 is 1.06 bits per heavy atom. The number of carbonyl (C=O) groups excluding carboxylic acids is 1. The van der Waals surface area contributed by atoms with Gasteiger partial charge in [0.25, 0.3) is 0 Å². The summed E-state index contributed by atoms with van der Waals surface area (Å²) in [6.45, 7) is 4.22. The first kappa shape index (κ1) is 24.2. The van der Waals surface area contributed by atoms with Gasteiger partial charge in [0, 0.05) is 33.3 Å². The van der Waals surface area contributed by atoms with Crippen molar-refractivity contribution in [3.63, 3.8) is 0 Å². The molecule has 0 spiro atoms. The van der Waals surface area contributed by atoms with E-state index in [1.165, 1.54) is 17.5 Å². The average Bonchev–Trinajstić information content (AvgIpc) is 3.53. The van der Waals surface area contributed by atoms with Crippen molar-refractivity contribution >= 4 is 50.6 Å². The lowest BCUT2D eigenvalue weighted by molar-refractivity contribution is 0.0528. The fourth-order valence-corrected chi connectivity index (χ4v) is 5.12. The maximum absolute atomic E-state index is 12.3. The van der Waals surface area contributed by atoms with Gasteiger partial charge in [-0.3, -0.25) is 0 Å². The summed E-state index contributed by atoms with van der Waals surface area (Å²) in [7, 11) is 0. The van der Waals surface area contributed by atoms with Crippen LogP contribution in [-0.2, 0) is 11.3 Å². The Bertz CT molecular complexity index is 1560. The van der Waals surface area contributed by atoms with Gasteiger partial charge in [-0.25, -0.2) is 9.78 Å². The van der Waals surface area contributed by atoms with E-state index in [0.29, 0.717) is 38.7 Å². The number of hydrogen-bond donors (Lipinski definition) is 0. The van der Waals surface area contributed by atoms with Gasteiger partial charge in [0.1, 0.15) is 17.5 Å². The highest BCUT2D eigenvalue weighted by atomic mass is 35.5. The third-order valence-electron chi connectivity index (χ3n) is 5.45. The van der Waals surface area contributed by atoms with Gasteiger partial charge in [-0.05, 0) is 61.2 Å². The van der Waals surface area contributed by atoms with E-state index in [4.69, 9.17) is 37.1 Å². The molecule has 10 heteroatoms. The molecule has 0 amide bonds. The van der Waals surface area contributed by atoms with E-state index in [0.717, 1.165) is 27.0 Å². The van der Waals surface area contributed by atoms with Crippen molar-refractivity contribution < 1.29 is 18.7 Å². The van der Waals surface area contributed by atoms with E-state index in [9.17, 15) is 4.79 Å². The van der Waals surface area contributed by atoms with Crippen LogP contribution in [0.5, 0.6) is 5.75 Å². The Labute approximate surface area is 220 Å². The summed E-state index contributed by atoms with van der Waals surface area (Å²) >= 11 is 13.8. The molecule has 0 saturated carbocycles. The summed E-state index contributed by atoms with van der Waals surface area (Å²) in [5.41, 5.74) is 3.65. The predicted octanol–water partition coefficient (Wildman–Crippen LogP) is 7.38. The molecule has 5 rings (SSSR count). The molecule has 0 aliphatic rings. The first-order valence-electron chi connectivity index (χ1n) is 11.0. The second-order valence-corrected chi connectivity index (χ2v) is 9.51. The zero-order valence-electron chi connectivity index (χ0n) is 19.2.